The zero-order valence-electron chi connectivity index (χ0n) is 10.0. The molecule has 0 aliphatic rings. The maximum absolute atomic E-state index is 12.6. The van der Waals surface area contributed by atoms with Gasteiger partial charge in [-0.05, 0) is 31.0 Å². The van der Waals surface area contributed by atoms with E-state index in [1.807, 2.05) is 20.8 Å². The molecule has 1 aromatic rings. The summed E-state index contributed by atoms with van der Waals surface area (Å²) < 4.78 is 43.2. The van der Waals surface area contributed by atoms with E-state index in [-0.39, 0.29) is 23.5 Å². The highest BCUT2D eigenvalue weighted by molar-refractivity contribution is 5.52. The number of ether oxygens (including phenoxy) is 1. The number of anilines is 1. The standard InChI is InChI=1S/C12H16F3NO/c1-7(2)8(3)17-9-4-5-11(16)10(6-9)12(13,14)15/h4-8H,16H2,1-3H3. The molecule has 0 saturated carbocycles. The van der Waals surface area contributed by atoms with Crippen molar-refractivity contribution in [2.75, 3.05) is 5.73 Å². The fourth-order valence-corrected chi connectivity index (χ4v) is 1.20. The van der Waals surface area contributed by atoms with Gasteiger partial charge in [0, 0.05) is 5.69 Å². The highest BCUT2D eigenvalue weighted by atomic mass is 19.4. The van der Waals surface area contributed by atoms with Crippen LogP contribution in [0.3, 0.4) is 0 Å². The van der Waals surface area contributed by atoms with Crippen LogP contribution in [0.25, 0.3) is 0 Å². The van der Waals surface area contributed by atoms with Crippen LogP contribution in [0.2, 0.25) is 0 Å². The molecule has 2 N–H and O–H groups in total. The number of hydrogen-bond donors (Lipinski definition) is 1. The monoisotopic (exact) mass is 247 g/mol. The molecule has 0 radical (unpaired) electrons. The molecular formula is C12H16F3NO. The first kappa shape index (κ1) is 13.7. The van der Waals surface area contributed by atoms with Gasteiger partial charge in [-0.15, -0.1) is 0 Å². The van der Waals surface area contributed by atoms with E-state index in [1.165, 1.54) is 12.1 Å². The molecule has 0 spiro atoms. The zero-order chi connectivity index (χ0) is 13.2. The quantitative estimate of drug-likeness (QED) is 0.826. The Labute approximate surface area is 98.6 Å². The molecule has 0 aromatic heterocycles. The van der Waals surface area contributed by atoms with Crippen LogP contribution < -0.4 is 10.5 Å². The average Bonchev–Trinajstić information content (AvgIpc) is 2.19. The minimum absolute atomic E-state index is 0.153. The van der Waals surface area contributed by atoms with Crippen LogP contribution in [0.5, 0.6) is 5.75 Å². The van der Waals surface area contributed by atoms with Gasteiger partial charge in [0.05, 0.1) is 11.7 Å². The van der Waals surface area contributed by atoms with Gasteiger partial charge in [0.1, 0.15) is 5.75 Å². The minimum Gasteiger partial charge on any atom is -0.490 e. The molecule has 1 aromatic carbocycles. The van der Waals surface area contributed by atoms with Crippen LogP contribution in [0, 0.1) is 5.92 Å². The Kier molecular flexibility index (Phi) is 3.91. The first-order valence-electron chi connectivity index (χ1n) is 5.35. The van der Waals surface area contributed by atoms with Gasteiger partial charge in [-0.25, -0.2) is 0 Å². The second kappa shape index (κ2) is 4.85. The predicted molar refractivity (Wildman–Crippen MR) is 60.8 cm³/mol. The summed E-state index contributed by atoms with van der Waals surface area (Å²) in [5, 5.41) is 0. The van der Waals surface area contributed by atoms with Crippen molar-refractivity contribution in [3.63, 3.8) is 0 Å². The normalized spacial score (nSPS) is 13.8. The van der Waals surface area contributed by atoms with Gasteiger partial charge in [-0.2, -0.15) is 13.2 Å². The van der Waals surface area contributed by atoms with Crippen molar-refractivity contribution >= 4 is 5.69 Å². The molecule has 5 heteroatoms. The van der Waals surface area contributed by atoms with Crippen LogP contribution in [0.4, 0.5) is 18.9 Å². The summed E-state index contributed by atoms with van der Waals surface area (Å²) in [6.45, 7) is 5.69. The molecule has 0 heterocycles. The van der Waals surface area contributed by atoms with E-state index in [0.717, 1.165) is 6.07 Å². The molecule has 0 bridgehead atoms. The molecule has 17 heavy (non-hydrogen) atoms. The van der Waals surface area contributed by atoms with Gasteiger partial charge < -0.3 is 10.5 Å². The Morgan fingerprint density at radius 3 is 2.24 bits per heavy atom. The molecule has 1 rings (SSSR count). The Morgan fingerprint density at radius 1 is 1.18 bits per heavy atom. The number of hydrogen-bond acceptors (Lipinski definition) is 2. The van der Waals surface area contributed by atoms with E-state index in [1.54, 1.807) is 0 Å². The Bertz CT molecular complexity index is 388. The molecule has 0 aliphatic heterocycles. The van der Waals surface area contributed by atoms with Crippen LogP contribution in [-0.4, -0.2) is 6.10 Å². The van der Waals surface area contributed by atoms with Gasteiger partial charge in [-0.3, -0.25) is 0 Å². The molecule has 0 amide bonds. The smallest absolute Gasteiger partial charge is 0.418 e. The van der Waals surface area contributed by atoms with E-state index in [0.29, 0.717) is 0 Å². The van der Waals surface area contributed by atoms with Crippen molar-refractivity contribution in [2.45, 2.75) is 33.1 Å². The summed E-state index contributed by atoms with van der Waals surface area (Å²) in [6, 6.07) is 3.60. The van der Waals surface area contributed by atoms with Crippen molar-refractivity contribution in [1.82, 2.24) is 0 Å². The summed E-state index contributed by atoms with van der Waals surface area (Å²) in [5.41, 5.74) is 4.15. The zero-order valence-corrected chi connectivity index (χ0v) is 10.0. The lowest BCUT2D eigenvalue weighted by Gasteiger charge is -2.19. The van der Waals surface area contributed by atoms with Crippen LogP contribution in [-0.2, 0) is 6.18 Å². The number of benzene rings is 1. The molecule has 0 aliphatic carbocycles. The van der Waals surface area contributed by atoms with Crippen molar-refractivity contribution < 1.29 is 17.9 Å². The first-order chi connectivity index (χ1) is 7.71. The third-order valence-corrected chi connectivity index (χ3v) is 2.59. The third kappa shape index (κ3) is 3.54. The van der Waals surface area contributed by atoms with E-state index >= 15 is 0 Å². The average molecular weight is 247 g/mol. The first-order valence-corrected chi connectivity index (χ1v) is 5.35. The summed E-state index contributed by atoms with van der Waals surface area (Å²) >= 11 is 0. The molecule has 0 saturated heterocycles. The van der Waals surface area contributed by atoms with Crippen LogP contribution >= 0.6 is 0 Å². The topological polar surface area (TPSA) is 35.2 Å². The van der Waals surface area contributed by atoms with Crippen LogP contribution in [0.1, 0.15) is 26.3 Å². The highest BCUT2D eigenvalue weighted by Crippen LogP contribution is 2.36. The number of nitrogens with two attached hydrogens (primary N) is 1. The second-order valence-electron chi connectivity index (χ2n) is 4.31. The second-order valence-corrected chi connectivity index (χ2v) is 4.31. The molecule has 1 atom stereocenters. The van der Waals surface area contributed by atoms with Gasteiger partial charge in [-0.1, -0.05) is 13.8 Å². The number of nitrogen functional groups attached to an aromatic ring is 1. The lowest BCUT2D eigenvalue weighted by atomic mass is 10.1. The molecular weight excluding hydrogens is 231 g/mol. The molecule has 96 valence electrons. The summed E-state index contributed by atoms with van der Waals surface area (Å²) in [4.78, 5) is 0. The molecule has 0 fully saturated rings. The van der Waals surface area contributed by atoms with E-state index < -0.39 is 11.7 Å². The van der Waals surface area contributed by atoms with Gasteiger partial charge >= 0.3 is 6.18 Å². The predicted octanol–water partition coefficient (Wildman–Crippen LogP) is 3.71. The molecule has 1 unspecified atom stereocenters. The Hall–Kier alpha value is -1.39. The van der Waals surface area contributed by atoms with Gasteiger partial charge in [0.15, 0.2) is 0 Å². The van der Waals surface area contributed by atoms with Gasteiger partial charge in [0.2, 0.25) is 0 Å². The van der Waals surface area contributed by atoms with Crippen molar-refractivity contribution in [2.24, 2.45) is 5.92 Å². The molecule has 2 nitrogen and oxygen atoms in total. The minimum atomic E-state index is -4.45. The summed E-state index contributed by atoms with van der Waals surface area (Å²) in [7, 11) is 0. The Balaban J connectivity index is 2.97. The van der Waals surface area contributed by atoms with Gasteiger partial charge in [0.25, 0.3) is 0 Å². The number of halogens is 3. The third-order valence-electron chi connectivity index (χ3n) is 2.59. The lowest BCUT2D eigenvalue weighted by molar-refractivity contribution is -0.137. The van der Waals surface area contributed by atoms with E-state index in [9.17, 15) is 13.2 Å². The van der Waals surface area contributed by atoms with E-state index in [2.05, 4.69) is 0 Å². The maximum atomic E-state index is 12.6. The van der Waals surface area contributed by atoms with E-state index in [4.69, 9.17) is 10.5 Å². The van der Waals surface area contributed by atoms with Crippen molar-refractivity contribution in [3.8, 4) is 5.75 Å². The largest absolute Gasteiger partial charge is 0.490 e. The summed E-state index contributed by atoms with van der Waals surface area (Å²) in [5.74, 6) is 0.412. The number of rotatable bonds is 3. The van der Waals surface area contributed by atoms with Crippen LogP contribution in [0.15, 0.2) is 18.2 Å². The fourth-order valence-electron chi connectivity index (χ4n) is 1.20. The lowest BCUT2D eigenvalue weighted by Crippen LogP contribution is -2.19. The SMILES string of the molecule is CC(C)C(C)Oc1ccc(N)c(C(F)(F)F)c1. The summed E-state index contributed by atoms with van der Waals surface area (Å²) in [6.07, 6.45) is -4.61. The highest BCUT2D eigenvalue weighted by Gasteiger charge is 2.33. The maximum Gasteiger partial charge on any atom is 0.418 e. The van der Waals surface area contributed by atoms with Crippen molar-refractivity contribution in [3.05, 3.63) is 23.8 Å². The number of alkyl halides is 3. The van der Waals surface area contributed by atoms with Crippen molar-refractivity contribution in [1.29, 1.82) is 0 Å². The fraction of sp³-hybridized carbons (Fsp3) is 0.500. The Morgan fingerprint density at radius 2 is 1.76 bits per heavy atom.